The second kappa shape index (κ2) is 6.73. The summed E-state index contributed by atoms with van der Waals surface area (Å²) in [5, 5.41) is 0. The van der Waals surface area contributed by atoms with Crippen molar-refractivity contribution in [2.45, 2.75) is 107 Å². The molecule has 0 aromatic rings. The predicted octanol–water partition coefficient (Wildman–Crippen LogP) is 8.09. The Kier molecular flexibility index (Phi) is 4.82. The van der Waals surface area contributed by atoms with E-state index in [0.29, 0.717) is 23.0 Å². The van der Waals surface area contributed by atoms with Crippen molar-refractivity contribution in [1.82, 2.24) is 0 Å². The van der Waals surface area contributed by atoms with E-state index in [1.54, 1.807) is 5.57 Å². The molecule has 0 heterocycles. The molecule has 0 aromatic carbocycles. The van der Waals surface area contributed by atoms with Crippen LogP contribution in [0.4, 0.5) is 0 Å². The third-order valence-electron chi connectivity index (χ3n) is 13.1. The third kappa shape index (κ3) is 2.64. The van der Waals surface area contributed by atoms with Gasteiger partial charge < -0.3 is 0 Å². The Hall–Kier alpha value is -0.590. The van der Waals surface area contributed by atoms with Crippen LogP contribution in [0.15, 0.2) is 11.6 Å². The fourth-order valence-electron chi connectivity index (χ4n) is 10.5. The second-order valence-corrected chi connectivity index (χ2v) is 14.2. The molecule has 1 nitrogen and oxygen atoms in total. The molecule has 1 heteroatoms. The molecule has 174 valence electrons. The molecular formula is C30H48O. The van der Waals surface area contributed by atoms with Crippen molar-refractivity contribution < 1.29 is 4.79 Å². The van der Waals surface area contributed by atoms with Crippen LogP contribution in [-0.2, 0) is 4.79 Å². The lowest BCUT2D eigenvalue weighted by atomic mass is 9.34. The third-order valence-corrected chi connectivity index (χ3v) is 13.1. The minimum Gasteiger partial charge on any atom is -0.295 e. The van der Waals surface area contributed by atoms with Crippen LogP contribution in [0.5, 0.6) is 0 Å². The summed E-state index contributed by atoms with van der Waals surface area (Å²) in [4.78, 5) is 14.2. The number of hydrogen-bond donors (Lipinski definition) is 0. The highest BCUT2D eigenvalue weighted by atomic mass is 16.1. The van der Waals surface area contributed by atoms with Gasteiger partial charge in [0, 0.05) is 5.92 Å². The molecule has 0 bridgehead atoms. The van der Waals surface area contributed by atoms with Crippen LogP contribution in [-0.4, -0.2) is 5.78 Å². The Morgan fingerprint density at radius 1 is 0.774 bits per heavy atom. The zero-order valence-electron chi connectivity index (χ0n) is 21.7. The highest BCUT2D eigenvalue weighted by Crippen LogP contribution is 2.74. The first-order chi connectivity index (χ1) is 14.4. The molecule has 0 aromatic heterocycles. The van der Waals surface area contributed by atoms with Crippen LogP contribution in [0.2, 0.25) is 0 Å². The van der Waals surface area contributed by atoms with E-state index in [2.05, 4.69) is 61.5 Å². The smallest absolute Gasteiger partial charge is 0.159 e. The molecule has 5 rings (SSSR count). The fraction of sp³-hybridized carbons (Fsp3) is 0.900. The molecule has 5 aliphatic carbocycles. The van der Waals surface area contributed by atoms with E-state index in [0.717, 1.165) is 23.7 Å². The Morgan fingerprint density at radius 2 is 1.42 bits per heavy atom. The van der Waals surface area contributed by atoms with Crippen molar-refractivity contribution in [3.8, 4) is 0 Å². The van der Waals surface area contributed by atoms with Gasteiger partial charge in [0.15, 0.2) is 5.78 Å². The topological polar surface area (TPSA) is 17.1 Å². The van der Waals surface area contributed by atoms with Crippen molar-refractivity contribution >= 4 is 5.78 Å². The molecule has 31 heavy (non-hydrogen) atoms. The van der Waals surface area contributed by atoms with E-state index in [-0.39, 0.29) is 22.2 Å². The van der Waals surface area contributed by atoms with Crippen LogP contribution in [0.25, 0.3) is 0 Å². The van der Waals surface area contributed by atoms with Crippen LogP contribution in [0, 0.1) is 63.1 Å². The zero-order chi connectivity index (χ0) is 22.6. The molecule has 0 amide bonds. The van der Waals surface area contributed by atoms with Gasteiger partial charge in [-0.1, -0.05) is 61.0 Å². The number of fused-ring (bicyclic) bond motifs is 7. The number of carbonyl (C=O) groups excluding carboxylic acids is 1. The molecule has 0 spiro atoms. The van der Waals surface area contributed by atoms with E-state index < -0.39 is 0 Å². The minimum atomic E-state index is 0.126. The summed E-state index contributed by atoms with van der Waals surface area (Å²) in [6.45, 7) is 20.1. The van der Waals surface area contributed by atoms with Crippen LogP contribution < -0.4 is 0 Å². The number of rotatable bonds is 0. The molecule has 4 saturated carbocycles. The lowest BCUT2D eigenvalue weighted by Crippen LogP contribution is -2.65. The van der Waals surface area contributed by atoms with Crippen LogP contribution >= 0.6 is 0 Å². The van der Waals surface area contributed by atoms with E-state index >= 15 is 0 Å². The van der Waals surface area contributed by atoms with Gasteiger partial charge in [0.05, 0.1) is 0 Å². The monoisotopic (exact) mass is 424 g/mol. The molecule has 0 N–H and O–H groups in total. The molecule has 0 radical (unpaired) electrons. The maximum atomic E-state index is 14.2. The number of carbonyl (C=O) groups is 1. The van der Waals surface area contributed by atoms with E-state index in [1.165, 1.54) is 51.4 Å². The molecule has 11 atom stereocenters. The molecule has 0 saturated heterocycles. The highest BCUT2D eigenvalue weighted by molar-refractivity contribution is 5.95. The van der Waals surface area contributed by atoms with Gasteiger partial charge in [-0.3, -0.25) is 4.79 Å². The summed E-state index contributed by atoms with van der Waals surface area (Å²) in [5.74, 6) is 5.09. The first-order valence-electron chi connectivity index (χ1n) is 13.6. The Labute approximate surface area is 192 Å². The van der Waals surface area contributed by atoms with Gasteiger partial charge in [0.1, 0.15) is 0 Å². The van der Waals surface area contributed by atoms with E-state index in [9.17, 15) is 4.79 Å². The zero-order valence-corrected chi connectivity index (χ0v) is 21.7. The van der Waals surface area contributed by atoms with Gasteiger partial charge in [-0.15, -0.1) is 0 Å². The summed E-state index contributed by atoms with van der Waals surface area (Å²) < 4.78 is 0. The second-order valence-electron chi connectivity index (χ2n) is 14.2. The van der Waals surface area contributed by atoms with Crippen molar-refractivity contribution in [3.05, 3.63) is 11.6 Å². The minimum absolute atomic E-state index is 0.126. The van der Waals surface area contributed by atoms with Gasteiger partial charge in [-0.2, -0.15) is 0 Å². The number of ketones is 1. The summed E-state index contributed by atoms with van der Waals surface area (Å²) in [6, 6.07) is 0. The van der Waals surface area contributed by atoms with Gasteiger partial charge in [0.2, 0.25) is 0 Å². The first-order valence-corrected chi connectivity index (χ1v) is 13.6. The van der Waals surface area contributed by atoms with Gasteiger partial charge in [0.25, 0.3) is 0 Å². The molecule has 4 fully saturated rings. The van der Waals surface area contributed by atoms with Crippen LogP contribution in [0.1, 0.15) is 107 Å². The standard InChI is InChI=1S/C30H48O/c1-18-10-13-28(6)22(20(18)3)11-14-30(8)26(28)24(31)17-23-25-21(4)19(2)9-12-27(25,5)15-16-29(23,30)7/h17-22,25-26H,9-16H2,1-8H3/t18?,19-,20-,21+,22?,25?,26?,27-,28+,29-,30-/m1/s1. The Balaban J connectivity index is 1.63. The summed E-state index contributed by atoms with van der Waals surface area (Å²) in [5.41, 5.74) is 2.50. The predicted molar refractivity (Wildman–Crippen MR) is 130 cm³/mol. The molecule has 0 aliphatic heterocycles. The molecular weight excluding hydrogens is 376 g/mol. The van der Waals surface area contributed by atoms with Crippen molar-refractivity contribution in [2.75, 3.05) is 0 Å². The maximum absolute atomic E-state index is 14.2. The first kappa shape index (κ1) is 22.2. The van der Waals surface area contributed by atoms with E-state index in [4.69, 9.17) is 0 Å². The normalized spacial score (nSPS) is 59.0. The van der Waals surface area contributed by atoms with Gasteiger partial charge >= 0.3 is 0 Å². The number of hydrogen-bond acceptors (Lipinski definition) is 1. The Bertz CT molecular complexity index is 809. The van der Waals surface area contributed by atoms with E-state index in [1.807, 2.05) is 0 Å². The summed E-state index contributed by atoms with van der Waals surface area (Å²) in [6.07, 6.45) is 12.8. The molecule has 4 unspecified atom stereocenters. The summed E-state index contributed by atoms with van der Waals surface area (Å²) in [7, 11) is 0. The lowest BCUT2D eigenvalue weighted by molar-refractivity contribution is -0.180. The van der Waals surface area contributed by atoms with Crippen molar-refractivity contribution in [3.63, 3.8) is 0 Å². The largest absolute Gasteiger partial charge is 0.295 e. The van der Waals surface area contributed by atoms with Crippen molar-refractivity contribution in [2.24, 2.45) is 63.1 Å². The Morgan fingerprint density at radius 3 is 2.13 bits per heavy atom. The fourth-order valence-corrected chi connectivity index (χ4v) is 10.5. The lowest BCUT2D eigenvalue weighted by Gasteiger charge is -2.69. The van der Waals surface area contributed by atoms with Gasteiger partial charge in [-0.05, 0) is 115 Å². The quantitative estimate of drug-likeness (QED) is 0.384. The molecule has 5 aliphatic rings. The van der Waals surface area contributed by atoms with Crippen LogP contribution in [0.3, 0.4) is 0 Å². The average Bonchev–Trinajstić information content (AvgIpc) is 2.70. The number of allylic oxidation sites excluding steroid dienone is 2. The maximum Gasteiger partial charge on any atom is 0.159 e. The van der Waals surface area contributed by atoms with Gasteiger partial charge in [-0.25, -0.2) is 0 Å². The SMILES string of the molecule is CC1CC[C@@]2(C)C(CC[C@]3(C)C2C(=O)C=C2C4[C@@H](C)[C@H](C)CC[C@]4(C)CC[C@]23C)[C@@H]1C. The summed E-state index contributed by atoms with van der Waals surface area (Å²) >= 11 is 0. The highest BCUT2D eigenvalue weighted by Gasteiger charge is 2.68. The van der Waals surface area contributed by atoms with Crippen molar-refractivity contribution in [1.29, 1.82) is 0 Å². The average molecular weight is 425 g/mol.